The van der Waals surface area contributed by atoms with Crippen molar-refractivity contribution in [3.63, 3.8) is 0 Å². The van der Waals surface area contributed by atoms with Gasteiger partial charge in [0, 0.05) is 49.2 Å². The zero-order valence-electron chi connectivity index (χ0n) is 15.9. The Kier molecular flexibility index (Phi) is 5.01. The Bertz CT molecular complexity index is 837. The van der Waals surface area contributed by atoms with Crippen LogP contribution in [0.4, 0.5) is 11.6 Å². The predicted octanol–water partition coefficient (Wildman–Crippen LogP) is 1.55. The number of nitrogens with one attached hydrogen (secondary N) is 2. The monoisotopic (exact) mass is 355 g/mol. The highest BCUT2D eigenvalue weighted by atomic mass is 16.2. The zero-order chi connectivity index (χ0) is 18.8. The van der Waals surface area contributed by atoms with E-state index >= 15 is 0 Å². The van der Waals surface area contributed by atoms with Crippen LogP contribution in [-0.4, -0.2) is 52.0 Å². The third-order valence-electron chi connectivity index (χ3n) is 4.71. The van der Waals surface area contributed by atoms with Gasteiger partial charge < -0.3 is 15.5 Å². The van der Waals surface area contributed by atoms with Gasteiger partial charge in [-0.1, -0.05) is 0 Å². The molecule has 1 amide bonds. The summed E-state index contributed by atoms with van der Waals surface area (Å²) in [4.78, 5) is 31.7. The molecule has 2 N–H and O–H groups in total. The third-order valence-corrected chi connectivity index (χ3v) is 4.71. The molecule has 138 valence electrons. The third kappa shape index (κ3) is 3.58. The summed E-state index contributed by atoms with van der Waals surface area (Å²) in [5.74, 6) is 2.41. The Morgan fingerprint density at radius 3 is 2.69 bits per heavy atom. The molecule has 3 rings (SSSR count). The molecule has 1 atom stereocenters. The lowest BCUT2D eigenvalue weighted by atomic mass is 10.2. The van der Waals surface area contributed by atoms with Gasteiger partial charge in [0.1, 0.15) is 17.5 Å². The van der Waals surface area contributed by atoms with E-state index in [1.54, 1.807) is 7.05 Å². The minimum absolute atomic E-state index is 0.212. The zero-order valence-corrected chi connectivity index (χ0v) is 15.9. The quantitative estimate of drug-likeness (QED) is 0.859. The fraction of sp³-hybridized carbons (Fsp3) is 0.500. The number of anilines is 2. The molecule has 1 aliphatic heterocycles. The van der Waals surface area contributed by atoms with Crippen LogP contribution >= 0.6 is 0 Å². The topological polar surface area (TPSA) is 95.9 Å². The lowest BCUT2D eigenvalue weighted by molar-refractivity contribution is 0.0952. The van der Waals surface area contributed by atoms with Crippen LogP contribution in [0.15, 0.2) is 6.20 Å². The number of nitrogens with zero attached hydrogens (tertiary/aromatic N) is 5. The highest BCUT2D eigenvalue weighted by Gasteiger charge is 2.27. The molecule has 0 aromatic carbocycles. The average molecular weight is 355 g/mol. The predicted molar refractivity (Wildman–Crippen MR) is 101 cm³/mol. The molecule has 1 saturated heterocycles. The Morgan fingerprint density at radius 2 is 1.96 bits per heavy atom. The van der Waals surface area contributed by atoms with E-state index in [2.05, 4.69) is 35.5 Å². The summed E-state index contributed by atoms with van der Waals surface area (Å²) in [6, 6.07) is 0.265. The maximum absolute atomic E-state index is 11.9. The SMILES string of the molecule is CNC(=O)c1nc(C)c(C)c(N2CC[C@@H](Nc3nc(C)ncc3C)C2)n1. The van der Waals surface area contributed by atoms with Gasteiger partial charge in [-0.15, -0.1) is 0 Å². The van der Waals surface area contributed by atoms with Gasteiger partial charge in [-0.2, -0.15) is 0 Å². The van der Waals surface area contributed by atoms with Gasteiger partial charge in [-0.05, 0) is 34.1 Å². The number of aryl methyl sites for hydroxylation is 3. The van der Waals surface area contributed by atoms with E-state index in [4.69, 9.17) is 0 Å². The smallest absolute Gasteiger partial charge is 0.288 e. The van der Waals surface area contributed by atoms with Crippen LogP contribution in [0, 0.1) is 27.7 Å². The molecule has 0 aliphatic carbocycles. The number of rotatable bonds is 4. The molecule has 0 unspecified atom stereocenters. The number of aromatic nitrogens is 4. The van der Waals surface area contributed by atoms with Crippen molar-refractivity contribution >= 4 is 17.5 Å². The molecule has 0 bridgehead atoms. The van der Waals surface area contributed by atoms with Crippen molar-refractivity contribution < 1.29 is 4.79 Å². The molecular formula is C18H25N7O. The highest BCUT2D eigenvalue weighted by Crippen LogP contribution is 2.25. The van der Waals surface area contributed by atoms with E-state index < -0.39 is 0 Å². The van der Waals surface area contributed by atoms with Crippen LogP contribution < -0.4 is 15.5 Å². The van der Waals surface area contributed by atoms with E-state index in [0.29, 0.717) is 0 Å². The molecular weight excluding hydrogens is 330 g/mol. The molecule has 8 heteroatoms. The van der Waals surface area contributed by atoms with Gasteiger partial charge in [-0.25, -0.2) is 19.9 Å². The van der Waals surface area contributed by atoms with Crippen LogP contribution in [0.3, 0.4) is 0 Å². The summed E-state index contributed by atoms with van der Waals surface area (Å²) in [7, 11) is 1.59. The van der Waals surface area contributed by atoms with Gasteiger partial charge in [-0.3, -0.25) is 4.79 Å². The van der Waals surface area contributed by atoms with Crippen molar-refractivity contribution in [3.05, 3.63) is 34.7 Å². The largest absolute Gasteiger partial charge is 0.365 e. The van der Waals surface area contributed by atoms with E-state index in [-0.39, 0.29) is 17.8 Å². The summed E-state index contributed by atoms with van der Waals surface area (Å²) < 4.78 is 0. The molecule has 3 heterocycles. The number of carbonyl (C=O) groups is 1. The van der Waals surface area contributed by atoms with Crippen molar-refractivity contribution in [2.24, 2.45) is 0 Å². The molecule has 26 heavy (non-hydrogen) atoms. The van der Waals surface area contributed by atoms with E-state index in [0.717, 1.165) is 53.8 Å². The Labute approximate surface area is 153 Å². The van der Waals surface area contributed by atoms with Crippen LogP contribution in [0.2, 0.25) is 0 Å². The summed E-state index contributed by atoms with van der Waals surface area (Å²) in [6.07, 6.45) is 2.81. The summed E-state index contributed by atoms with van der Waals surface area (Å²) in [5.41, 5.74) is 2.87. The van der Waals surface area contributed by atoms with Gasteiger partial charge in [0.05, 0.1) is 0 Å². The van der Waals surface area contributed by atoms with E-state index in [9.17, 15) is 4.79 Å². The van der Waals surface area contributed by atoms with Crippen molar-refractivity contribution in [1.29, 1.82) is 0 Å². The van der Waals surface area contributed by atoms with E-state index in [1.165, 1.54) is 0 Å². The molecule has 0 radical (unpaired) electrons. The maximum atomic E-state index is 11.9. The first-order chi connectivity index (χ1) is 12.4. The van der Waals surface area contributed by atoms with Crippen molar-refractivity contribution in [2.45, 2.75) is 40.2 Å². The van der Waals surface area contributed by atoms with Crippen LogP contribution in [-0.2, 0) is 0 Å². The number of hydrogen-bond acceptors (Lipinski definition) is 7. The maximum Gasteiger partial charge on any atom is 0.288 e. The molecule has 0 saturated carbocycles. The van der Waals surface area contributed by atoms with Gasteiger partial charge >= 0.3 is 0 Å². The fourth-order valence-corrected chi connectivity index (χ4v) is 3.08. The number of carbonyl (C=O) groups excluding carboxylic acids is 1. The van der Waals surface area contributed by atoms with E-state index in [1.807, 2.05) is 33.9 Å². The van der Waals surface area contributed by atoms with Gasteiger partial charge in [0.15, 0.2) is 0 Å². The molecule has 1 aliphatic rings. The molecule has 2 aromatic rings. The lowest BCUT2D eigenvalue weighted by Gasteiger charge is -2.21. The van der Waals surface area contributed by atoms with Crippen molar-refractivity contribution in [3.8, 4) is 0 Å². The molecule has 1 fully saturated rings. The summed E-state index contributed by atoms with van der Waals surface area (Å²) in [5, 5.41) is 6.11. The van der Waals surface area contributed by atoms with Crippen LogP contribution in [0.1, 0.15) is 39.7 Å². The normalized spacial score (nSPS) is 16.7. The second-order valence-corrected chi connectivity index (χ2v) is 6.69. The summed E-state index contributed by atoms with van der Waals surface area (Å²) >= 11 is 0. The second kappa shape index (κ2) is 7.23. The number of hydrogen-bond donors (Lipinski definition) is 2. The van der Waals surface area contributed by atoms with Crippen molar-refractivity contribution in [2.75, 3.05) is 30.4 Å². The molecule has 8 nitrogen and oxygen atoms in total. The van der Waals surface area contributed by atoms with Crippen LogP contribution in [0.25, 0.3) is 0 Å². The first-order valence-corrected chi connectivity index (χ1v) is 8.78. The first kappa shape index (κ1) is 18.0. The standard InChI is InChI=1S/C18H25N7O/c1-10-8-20-13(4)22-15(10)23-14-6-7-25(9-14)17-11(2)12(3)21-16(24-17)18(26)19-5/h8,14H,6-7,9H2,1-5H3,(H,19,26)(H,20,22,23)/t14-/m1/s1. The Morgan fingerprint density at radius 1 is 1.19 bits per heavy atom. The van der Waals surface area contributed by atoms with Crippen LogP contribution in [0.5, 0.6) is 0 Å². The molecule has 2 aromatic heterocycles. The second-order valence-electron chi connectivity index (χ2n) is 6.69. The first-order valence-electron chi connectivity index (χ1n) is 8.78. The summed E-state index contributed by atoms with van der Waals surface area (Å²) in [6.45, 7) is 9.46. The lowest BCUT2D eigenvalue weighted by Crippen LogP contribution is -2.29. The van der Waals surface area contributed by atoms with Gasteiger partial charge in [0.25, 0.3) is 5.91 Å². The molecule has 0 spiro atoms. The highest BCUT2D eigenvalue weighted by molar-refractivity contribution is 5.90. The number of amides is 1. The minimum atomic E-state index is -0.268. The van der Waals surface area contributed by atoms with Crippen molar-refractivity contribution in [1.82, 2.24) is 25.3 Å². The van der Waals surface area contributed by atoms with Gasteiger partial charge in [0.2, 0.25) is 5.82 Å². The minimum Gasteiger partial charge on any atom is -0.365 e. The Hall–Kier alpha value is -2.77. The Balaban J connectivity index is 1.79. The average Bonchev–Trinajstić information content (AvgIpc) is 3.08. The fourth-order valence-electron chi connectivity index (χ4n) is 3.08.